The van der Waals surface area contributed by atoms with Gasteiger partial charge >= 0.3 is 0 Å². The predicted molar refractivity (Wildman–Crippen MR) is 113 cm³/mol. The van der Waals surface area contributed by atoms with Gasteiger partial charge in [0.1, 0.15) is 17.3 Å². The first-order valence-corrected chi connectivity index (χ1v) is 11.4. The van der Waals surface area contributed by atoms with Crippen LogP contribution in [0.1, 0.15) is 28.8 Å². The fraction of sp³-hybridized carbons (Fsp3) is 0.381. The first-order chi connectivity index (χ1) is 13.8. The summed E-state index contributed by atoms with van der Waals surface area (Å²) >= 11 is 6.16. The van der Waals surface area contributed by atoms with E-state index in [0.29, 0.717) is 26.2 Å². The lowest BCUT2D eigenvalue weighted by molar-refractivity contribution is 0.0773. The number of hydrogen-bond donors (Lipinski definition) is 0. The van der Waals surface area contributed by atoms with E-state index >= 15 is 0 Å². The van der Waals surface area contributed by atoms with Gasteiger partial charge in [-0.1, -0.05) is 29.3 Å². The van der Waals surface area contributed by atoms with E-state index in [1.807, 2.05) is 31.2 Å². The standard InChI is InChI=1S/C21H25ClN2O4S/c1-16-5-8-18(9-6-16)28-14-13-23(2)21(25)17-7-10-19(22)20(15-17)29(26,27)24-11-3-4-12-24/h5-10,15H,3-4,11-14H2,1-2H3. The number of halogens is 1. The lowest BCUT2D eigenvalue weighted by Gasteiger charge is -2.20. The summed E-state index contributed by atoms with van der Waals surface area (Å²) in [6.45, 7) is 3.65. The molecule has 1 aliphatic rings. The third-order valence-electron chi connectivity index (χ3n) is 4.92. The number of benzene rings is 2. The number of carbonyl (C=O) groups excluding carboxylic acids is 1. The van der Waals surface area contributed by atoms with Crippen molar-refractivity contribution in [3.05, 3.63) is 58.6 Å². The van der Waals surface area contributed by atoms with E-state index in [1.165, 1.54) is 21.3 Å². The lowest BCUT2D eigenvalue weighted by Crippen LogP contribution is -2.31. The molecule has 0 aromatic heterocycles. The molecule has 8 heteroatoms. The van der Waals surface area contributed by atoms with E-state index in [0.717, 1.165) is 24.2 Å². The van der Waals surface area contributed by atoms with Gasteiger partial charge in [0.25, 0.3) is 5.91 Å². The molecule has 1 saturated heterocycles. The molecule has 0 bridgehead atoms. The topological polar surface area (TPSA) is 66.9 Å². The highest BCUT2D eigenvalue weighted by Crippen LogP contribution is 2.28. The van der Waals surface area contributed by atoms with Crippen molar-refractivity contribution in [2.45, 2.75) is 24.7 Å². The molecule has 0 N–H and O–H groups in total. The number of rotatable bonds is 7. The molecule has 0 unspecified atom stereocenters. The molecule has 1 aliphatic heterocycles. The summed E-state index contributed by atoms with van der Waals surface area (Å²) < 4.78 is 32.8. The van der Waals surface area contributed by atoms with Crippen LogP contribution in [-0.2, 0) is 10.0 Å². The second kappa shape index (κ2) is 9.15. The molecule has 0 spiro atoms. The van der Waals surface area contributed by atoms with Gasteiger partial charge in [-0.25, -0.2) is 8.42 Å². The summed E-state index contributed by atoms with van der Waals surface area (Å²) in [6, 6.07) is 12.1. The van der Waals surface area contributed by atoms with E-state index in [1.54, 1.807) is 13.1 Å². The number of ether oxygens (including phenoxy) is 1. The van der Waals surface area contributed by atoms with Crippen LogP contribution in [0, 0.1) is 6.92 Å². The van der Waals surface area contributed by atoms with Crippen LogP contribution in [0.3, 0.4) is 0 Å². The van der Waals surface area contributed by atoms with E-state index < -0.39 is 10.0 Å². The monoisotopic (exact) mass is 436 g/mol. The van der Waals surface area contributed by atoms with Gasteiger partial charge in [-0.2, -0.15) is 4.31 Å². The van der Waals surface area contributed by atoms with Crippen LogP contribution in [0.15, 0.2) is 47.4 Å². The number of likely N-dealkylation sites (N-methyl/N-ethyl adjacent to an activating group) is 1. The minimum atomic E-state index is -3.70. The van der Waals surface area contributed by atoms with Gasteiger partial charge in [0.15, 0.2) is 0 Å². The van der Waals surface area contributed by atoms with E-state index in [9.17, 15) is 13.2 Å². The summed E-state index contributed by atoms with van der Waals surface area (Å²) in [5.41, 5.74) is 1.43. The molecule has 1 amide bonds. The SMILES string of the molecule is Cc1ccc(OCCN(C)C(=O)c2ccc(Cl)c(S(=O)(=O)N3CCCC3)c2)cc1. The van der Waals surface area contributed by atoms with Crippen molar-refractivity contribution in [2.75, 3.05) is 33.3 Å². The molecule has 2 aromatic rings. The molecule has 29 heavy (non-hydrogen) atoms. The number of carbonyl (C=O) groups is 1. The van der Waals surface area contributed by atoms with Crippen molar-refractivity contribution in [1.29, 1.82) is 0 Å². The molecule has 0 atom stereocenters. The summed E-state index contributed by atoms with van der Waals surface area (Å²) in [6.07, 6.45) is 1.67. The highest BCUT2D eigenvalue weighted by Gasteiger charge is 2.30. The van der Waals surface area contributed by atoms with Crippen molar-refractivity contribution in [3.8, 4) is 5.75 Å². The van der Waals surface area contributed by atoms with Crippen LogP contribution >= 0.6 is 11.6 Å². The zero-order valence-electron chi connectivity index (χ0n) is 16.6. The molecular formula is C21H25ClN2O4S. The fourth-order valence-electron chi connectivity index (χ4n) is 3.16. The molecule has 0 saturated carbocycles. The number of amides is 1. The average Bonchev–Trinajstić information content (AvgIpc) is 3.25. The maximum atomic E-state index is 12.8. The zero-order chi connectivity index (χ0) is 21.0. The summed E-state index contributed by atoms with van der Waals surface area (Å²) in [7, 11) is -2.04. The summed E-state index contributed by atoms with van der Waals surface area (Å²) in [5, 5.41) is 0.124. The minimum Gasteiger partial charge on any atom is -0.492 e. The first-order valence-electron chi connectivity index (χ1n) is 9.53. The molecule has 2 aromatic carbocycles. The van der Waals surface area contributed by atoms with Crippen LogP contribution in [0.25, 0.3) is 0 Å². The molecular weight excluding hydrogens is 412 g/mol. The second-order valence-corrected chi connectivity index (χ2v) is 9.46. The largest absolute Gasteiger partial charge is 0.492 e. The normalized spacial score (nSPS) is 14.7. The van der Waals surface area contributed by atoms with Crippen LogP contribution in [0.4, 0.5) is 0 Å². The molecule has 156 valence electrons. The van der Waals surface area contributed by atoms with Crippen molar-refractivity contribution >= 4 is 27.5 Å². The quantitative estimate of drug-likeness (QED) is 0.665. The number of hydrogen-bond acceptors (Lipinski definition) is 4. The van der Waals surface area contributed by atoms with Crippen molar-refractivity contribution in [3.63, 3.8) is 0 Å². The second-order valence-electron chi connectivity index (χ2n) is 7.14. The first kappa shape index (κ1) is 21.6. The summed E-state index contributed by atoms with van der Waals surface area (Å²) in [4.78, 5) is 14.2. The van der Waals surface area contributed by atoms with Gasteiger partial charge in [0.2, 0.25) is 10.0 Å². The maximum absolute atomic E-state index is 12.8. The number of sulfonamides is 1. The van der Waals surface area contributed by atoms with Crippen LogP contribution in [0.2, 0.25) is 5.02 Å². The summed E-state index contributed by atoms with van der Waals surface area (Å²) in [5.74, 6) is 0.453. The molecule has 1 fully saturated rings. The van der Waals surface area contributed by atoms with Gasteiger partial charge in [0, 0.05) is 25.7 Å². The Morgan fingerprint density at radius 3 is 2.45 bits per heavy atom. The average molecular weight is 437 g/mol. The van der Waals surface area contributed by atoms with E-state index in [4.69, 9.17) is 16.3 Å². The van der Waals surface area contributed by atoms with E-state index in [-0.39, 0.29) is 21.4 Å². The highest BCUT2D eigenvalue weighted by molar-refractivity contribution is 7.89. The Bertz CT molecular complexity index is 971. The smallest absolute Gasteiger partial charge is 0.253 e. The Morgan fingerprint density at radius 2 is 1.79 bits per heavy atom. The number of aryl methyl sites for hydroxylation is 1. The Labute approximate surface area is 177 Å². The Balaban J connectivity index is 1.67. The molecule has 6 nitrogen and oxygen atoms in total. The van der Waals surface area contributed by atoms with Crippen LogP contribution in [0.5, 0.6) is 5.75 Å². The van der Waals surface area contributed by atoms with Crippen molar-refractivity contribution < 1.29 is 17.9 Å². The zero-order valence-corrected chi connectivity index (χ0v) is 18.2. The Morgan fingerprint density at radius 1 is 1.14 bits per heavy atom. The molecule has 0 aliphatic carbocycles. The third-order valence-corrected chi connectivity index (χ3v) is 7.30. The Hall–Kier alpha value is -2.09. The van der Waals surface area contributed by atoms with Gasteiger partial charge in [-0.3, -0.25) is 4.79 Å². The van der Waals surface area contributed by atoms with Gasteiger partial charge < -0.3 is 9.64 Å². The van der Waals surface area contributed by atoms with E-state index in [2.05, 4.69) is 0 Å². The van der Waals surface area contributed by atoms with Crippen molar-refractivity contribution in [2.24, 2.45) is 0 Å². The molecule has 3 rings (SSSR count). The third kappa shape index (κ3) is 5.10. The number of nitrogens with zero attached hydrogens (tertiary/aromatic N) is 2. The molecule has 0 radical (unpaired) electrons. The maximum Gasteiger partial charge on any atom is 0.253 e. The van der Waals surface area contributed by atoms with Gasteiger partial charge in [0.05, 0.1) is 11.6 Å². The van der Waals surface area contributed by atoms with Gasteiger partial charge in [-0.15, -0.1) is 0 Å². The van der Waals surface area contributed by atoms with Crippen molar-refractivity contribution in [1.82, 2.24) is 9.21 Å². The fourth-order valence-corrected chi connectivity index (χ4v) is 5.18. The van der Waals surface area contributed by atoms with Gasteiger partial charge in [-0.05, 0) is 50.1 Å². The lowest BCUT2D eigenvalue weighted by atomic mass is 10.2. The Kier molecular flexibility index (Phi) is 6.82. The molecule has 1 heterocycles. The highest BCUT2D eigenvalue weighted by atomic mass is 35.5. The van der Waals surface area contributed by atoms with Crippen LogP contribution < -0.4 is 4.74 Å². The minimum absolute atomic E-state index is 0.0174. The predicted octanol–water partition coefficient (Wildman–Crippen LogP) is 3.58. The van der Waals surface area contributed by atoms with Crippen LogP contribution in [-0.4, -0.2) is 56.8 Å².